The largest absolute Gasteiger partial charge is 0.303 e. The Balaban J connectivity index is 2.22. The fraction of sp³-hybridized carbons (Fsp3) is 1.00. The highest BCUT2D eigenvalue weighted by Crippen LogP contribution is 2.20. The molecule has 0 N–H and O–H groups in total. The molecule has 1 fully saturated rings. The van der Waals surface area contributed by atoms with Crippen molar-refractivity contribution in [2.75, 3.05) is 25.5 Å². The third kappa shape index (κ3) is 3.47. The van der Waals surface area contributed by atoms with E-state index in [0.717, 1.165) is 17.7 Å². The van der Waals surface area contributed by atoms with Gasteiger partial charge in [-0.05, 0) is 24.8 Å². The van der Waals surface area contributed by atoms with Gasteiger partial charge in [0, 0.05) is 19.0 Å². The summed E-state index contributed by atoms with van der Waals surface area (Å²) in [7, 11) is 0. The van der Waals surface area contributed by atoms with Crippen LogP contribution in [0.3, 0.4) is 0 Å². The summed E-state index contributed by atoms with van der Waals surface area (Å²) in [6, 6.07) is 0. The van der Waals surface area contributed by atoms with Crippen LogP contribution in [0.4, 0.5) is 0 Å². The second-order valence-corrected chi connectivity index (χ2v) is 4.56. The van der Waals surface area contributed by atoms with Crippen molar-refractivity contribution >= 4 is 11.6 Å². The predicted molar refractivity (Wildman–Crippen MR) is 59.3 cm³/mol. The normalized spacial score (nSPS) is 24.5. The molecule has 0 aromatic carbocycles. The molecule has 1 saturated heterocycles. The molecule has 1 rings (SSSR count). The Kier molecular flexibility index (Phi) is 5.12. The summed E-state index contributed by atoms with van der Waals surface area (Å²) >= 11 is 5.85. The topological polar surface area (TPSA) is 3.24 Å². The van der Waals surface area contributed by atoms with Crippen molar-refractivity contribution in [3.8, 4) is 0 Å². The SMILES string of the molecule is CCC(CC)CN1CCC(CCl)C1. The molecule has 0 amide bonds. The molecule has 0 saturated carbocycles. The minimum absolute atomic E-state index is 0.760. The number of likely N-dealkylation sites (tertiary alicyclic amines) is 1. The average molecular weight is 204 g/mol. The molecule has 1 aliphatic rings. The summed E-state index contributed by atoms with van der Waals surface area (Å²) in [6.07, 6.45) is 3.95. The van der Waals surface area contributed by atoms with Crippen molar-refractivity contribution in [3.63, 3.8) is 0 Å². The summed E-state index contributed by atoms with van der Waals surface area (Å²) in [5.74, 6) is 2.50. The van der Waals surface area contributed by atoms with E-state index in [-0.39, 0.29) is 0 Å². The van der Waals surface area contributed by atoms with E-state index in [9.17, 15) is 0 Å². The lowest BCUT2D eigenvalue weighted by Gasteiger charge is -2.21. The van der Waals surface area contributed by atoms with Crippen LogP contribution in [0.25, 0.3) is 0 Å². The van der Waals surface area contributed by atoms with Gasteiger partial charge in [-0.3, -0.25) is 0 Å². The van der Waals surface area contributed by atoms with Gasteiger partial charge >= 0.3 is 0 Å². The van der Waals surface area contributed by atoms with Gasteiger partial charge in [-0.15, -0.1) is 11.6 Å². The van der Waals surface area contributed by atoms with Gasteiger partial charge < -0.3 is 4.90 Å². The molecule has 0 bridgehead atoms. The van der Waals surface area contributed by atoms with E-state index in [1.54, 1.807) is 0 Å². The molecule has 0 aromatic rings. The fourth-order valence-electron chi connectivity index (χ4n) is 2.12. The summed E-state index contributed by atoms with van der Waals surface area (Å²) in [5, 5.41) is 0. The highest BCUT2D eigenvalue weighted by molar-refractivity contribution is 6.18. The Hall–Kier alpha value is 0.250. The number of halogens is 1. The smallest absolute Gasteiger partial charge is 0.0264 e. The van der Waals surface area contributed by atoms with E-state index < -0.39 is 0 Å². The molecule has 1 heterocycles. The fourth-order valence-corrected chi connectivity index (χ4v) is 2.37. The van der Waals surface area contributed by atoms with E-state index in [0.29, 0.717) is 0 Å². The maximum atomic E-state index is 5.85. The van der Waals surface area contributed by atoms with Gasteiger partial charge in [0.1, 0.15) is 0 Å². The Labute approximate surface area is 87.4 Å². The Morgan fingerprint density at radius 2 is 2.08 bits per heavy atom. The van der Waals surface area contributed by atoms with Crippen LogP contribution in [0.15, 0.2) is 0 Å². The van der Waals surface area contributed by atoms with Crippen LogP contribution in [0.1, 0.15) is 33.1 Å². The molecule has 13 heavy (non-hydrogen) atoms. The quantitative estimate of drug-likeness (QED) is 0.621. The zero-order valence-electron chi connectivity index (χ0n) is 8.93. The number of hydrogen-bond acceptors (Lipinski definition) is 1. The van der Waals surface area contributed by atoms with Crippen LogP contribution in [0.5, 0.6) is 0 Å². The molecule has 0 aromatic heterocycles. The van der Waals surface area contributed by atoms with E-state index in [4.69, 9.17) is 11.6 Å². The predicted octanol–water partition coefficient (Wildman–Crippen LogP) is 2.98. The van der Waals surface area contributed by atoms with Crippen LogP contribution in [-0.2, 0) is 0 Å². The van der Waals surface area contributed by atoms with Gasteiger partial charge in [-0.1, -0.05) is 26.7 Å². The van der Waals surface area contributed by atoms with Gasteiger partial charge in [0.05, 0.1) is 0 Å². The minimum atomic E-state index is 0.760. The maximum Gasteiger partial charge on any atom is 0.0264 e. The van der Waals surface area contributed by atoms with Crippen molar-refractivity contribution < 1.29 is 0 Å². The highest BCUT2D eigenvalue weighted by atomic mass is 35.5. The van der Waals surface area contributed by atoms with E-state index >= 15 is 0 Å². The monoisotopic (exact) mass is 203 g/mol. The molecule has 1 nitrogen and oxygen atoms in total. The average Bonchev–Trinajstić information content (AvgIpc) is 2.61. The van der Waals surface area contributed by atoms with Crippen LogP contribution in [-0.4, -0.2) is 30.4 Å². The summed E-state index contributed by atoms with van der Waals surface area (Å²) in [6.45, 7) is 8.39. The molecule has 2 heteroatoms. The van der Waals surface area contributed by atoms with Crippen LogP contribution >= 0.6 is 11.6 Å². The number of rotatable bonds is 5. The summed E-state index contributed by atoms with van der Waals surface area (Å²) in [5.41, 5.74) is 0. The molecule has 0 radical (unpaired) electrons. The Morgan fingerprint density at radius 3 is 2.54 bits per heavy atom. The molecular weight excluding hydrogens is 182 g/mol. The first-order chi connectivity index (χ1) is 6.30. The molecule has 0 aliphatic carbocycles. The first kappa shape index (κ1) is 11.3. The molecule has 1 aliphatic heterocycles. The second kappa shape index (κ2) is 5.87. The maximum absolute atomic E-state index is 5.85. The standard InChI is InChI=1S/C11H22ClN/c1-3-10(4-2)8-13-6-5-11(7-12)9-13/h10-11H,3-9H2,1-2H3. The van der Waals surface area contributed by atoms with Gasteiger partial charge in [0.2, 0.25) is 0 Å². The van der Waals surface area contributed by atoms with Crippen molar-refractivity contribution in [2.24, 2.45) is 11.8 Å². The van der Waals surface area contributed by atoms with E-state index in [1.807, 2.05) is 0 Å². The summed E-state index contributed by atoms with van der Waals surface area (Å²) in [4.78, 5) is 2.59. The Morgan fingerprint density at radius 1 is 1.38 bits per heavy atom. The first-order valence-electron chi connectivity index (χ1n) is 5.58. The number of alkyl halides is 1. The lowest BCUT2D eigenvalue weighted by molar-refractivity contribution is 0.262. The molecule has 1 atom stereocenters. The molecular formula is C11H22ClN. The molecule has 0 spiro atoms. The Bertz CT molecular complexity index is 134. The highest BCUT2D eigenvalue weighted by Gasteiger charge is 2.22. The van der Waals surface area contributed by atoms with Gasteiger partial charge in [0.15, 0.2) is 0 Å². The number of hydrogen-bond donors (Lipinski definition) is 0. The lowest BCUT2D eigenvalue weighted by atomic mass is 10.0. The van der Waals surface area contributed by atoms with Gasteiger partial charge in [-0.2, -0.15) is 0 Å². The van der Waals surface area contributed by atoms with E-state index in [1.165, 1.54) is 38.9 Å². The van der Waals surface area contributed by atoms with E-state index in [2.05, 4.69) is 18.7 Å². The van der Waals surface area contributed by atoms with Crippen LogP contribution < -0.4 is 0 Å². The first-order valence-corrected chi connectivity index (χ1v) is 6.11. The van der Waals surface area contributed by atoms with Crippen molar-refractivity contribution in [2.45, 2.75) is 33.1 Å². The zero-order chi connectivity index (χ0) is 9.68. The zero-order valence-corrected chi connectivity index (χ0v) is 9.69. The van der Waals surface area contributed by atoms with Gasteiger partial charge in [0.25, 0.3) is 0 Å². The minimum Gasteiger partial charge on any atom is -0.303 e. The van der Waals surface area contributed by atoms with Crippen molar-refractivity contribution in [3.05, 3.63) is 0 Å². The molecule has 78 valence electrons. The van der Waals surface area contributed by atoms with Gasteiger partial charge in [-0.25, -0.2) is 0 Å². The van der Waals surface area contributed by atoms with Crippen LogP contribution in [0, 0.1) is 11.8 Å². The van der Waals surface area contributed by atoms with Crippen molar-refractivity contribution in [1.29, 1.82) is 0 Å². The van der Waals surface area contributed by atoms with Crippen molar-refractivity contribution in [1.82, 2.24) is 4.90 Å². The second-order valence-electron chi connectivity index (χ2n) is 4.25. The molecule has 1 unspecified atom stereocenters. The number of nitrogens with zero attached hydrogens (tertiary/aromatic N) is 1. The lowest BCUT2D eigenvalue weighted by Crippen LogP contribution is -2.27. The summed E-state index contributed by atoms with van der Waals surface area (Å²) < 4.78 is 0. The third-order valence-corrected chi connectivity index (χ3v) is 3.70. The van der Waals surface area contributed by atoms with Crippen LogP contribution in [0.2, 0.25) is 0 Å². The third-order valence-electron chi connectivity index (χ3n) is 3.26.